The van der Waals surface area contributed by atoms with E-state index in [1.165, 1.54) is 6.92 Å². The number of carbonyl (C=O) groups is 3. The van der Waals surface area contributed by atoms with Crippen molar-refractivity contribution in [2.75, 3.05) is 26.4 Å². The van der Waals surface area contributed by atoms with Crippen LogP contribution in [0.4, 0.5) is 9.59 Å². The normalized spacial score (nSPS) is 7.71. The Morgan fingerprint density at radius 2 is 1.33 bits per heavy atom. The number of ether oxygens (including phenoxy) is 3. The third-order valence-corrected chi connectivity index (χ3v) is 1.24. The van der Waals surface area contributed by atoms with Gasteiger partial charge in [-0.15, -0.1) is 0 Å². The van der Waals surface area contributed by atoms with E-state index in [-0.39, 0.29) is 41.3 Å². The van der Waals surface area contributed by atoms with Gasteiger partial charge in [0.2, 0.25) is 0 Å². The number of carbonyl (C=O) groups excluding carboxylic acids is 3. The van der Waals surface area contributed by atoms with E-state index in [1.54, 1.807) is 0 Å². The van der Waals surface area contributed by atoms with Crippen molar-refractivity contribution < 1.29 is 33.7 Å². The van der Waals surface area contributed by atoms with Crippen LogP contribution in [0.3, 0.4) is 0 Å². The molecule has 0 aromatic carbocycles. The summed E-state index contributed by atoms with van der Waals surface area (Å²) in [4.78, 5) is 30.4. The number of aliphatic hydroxyl groups excluding tert-OH is 1. The van der Waals surface area contributed by atoms with Crippen molar-refractivity contribution >= 4 is 18.2 Å². The van der Waals surface area contributed by atoms with Gasteiger partial charge >= 0.3 is 18.2 Å². The van der Waals surface area contributed by atoms with Gasteiger partial charge in [0.25, 0.3) is 0 Å². The summed E-state index contributed by atoms with van der Waals surface area (Å²) in [7, 11) is 0. The number of hydrogen-bond acceptors (Lipinski definition) is 7. The van der Waals surface area contributed by atoms with Crippen LogP contribution < -0.4 is 11.5 Å². The zero-order valence-electron chi connectivity index (χ0n) is 10.6. The van der Waals surface area contributed by atoms with Crippen LogP contribution in [0.25, 0.3) is 0 Å². The van der Waals surface area contributed by atoms with Crippen LogP contribution in [0.5, 0.6) is 0 Å². The summed E-state index contributed by atoms with van der Waals surface area (Å²) in [5, 5.41) is 7.98. The molecule has 9 nitrogen and oxygen atoms in total. The van der Waals surface area contributed by atoms with Gasteiger partial charge in [0, 0.05) is 5.57 Å². The van der Waals surface area contributed by atoms with E-state index in [0.717, 1.165) is 0 Å². The van der Waals surface area contributed by atoms with Gasteiger partial charge in [-0.05, 0) is 6.92 Å². The van der Waals surface area contributed by atoms with Crippen LogP contribution in [0, 0.1) is 0 Å². The van der Waals surface area contributed by atoms with Gasteiger partial charge in [-0.25, -0.2) is 14.4 Å². The second-order valence-corrected chi connectivity index (χ2v) is 2.97. The highest BCUT2D eigenvalue weighted by molar-refractivity contribution is 5.86. The number of esters is 1. The molecule has 0 saturated carbocycles. The molecular formula is C12H26N2O7. The molecule has 0 heterocycles. The smallest absolute Gasteiger partial charge is 0.404 e. The molecule has 2 amide bonds. The van der Waals surface area contributed by atoms with Gasteiger partial charge in [0.15, 0.2) is 0 Å². The molecule has 0 unspecified atom stereocenters. The zero-order chi connectivity index (χ0) is 15.3. The van der Waals surface area contributed by atoms with Crippen molar-refractivity contribution in [3.8, 4) is 0 Å². The van der Waals surface area contributed by atoms with Crippen LogP contribution in [0.1, 0.15) is 21.8 Å². The predicted octanol–water partition coefficient (Wildman–Crippen LogP) is 0.547. The molecule has 0 aliphatic heterocycles. The second-order valence-electron chi connectivity index (χ2n) is 2.97. The van der Waals surface area contributed by atoms with Gasteiger partial charge in [-0.3, -0.25) is 0 Å². The molecule has 0 radical (unpaired) electrons. The first-order chi connectivity index (χ1) is 8.81. The summed E-state index contributed by atoms with van der Waals surface area (Å²) in [5.74, 6) is -0.511. The van der Waals surface area contributed by atoms with E-state index in [1.807, 2.05) is 0 Å². The zero-order valence-corrected chi connectivity index (χ0v) is 10.6. The Kier molecular flexibility index (Phi) is 22.9. The maximum Gasteiger partial charge on any atom is 0.404 e. The number of amides is 2. The number of hydrogen-bond donors (Lipinski definition) is 3. The maximum atomic E-state index is 10.7. The topological polar surface area (TPSA) is 151 Å². The fraction of sp³-hybridized carbons (Fsp3) is 0.583. The highest BCUT2D eigenvalue weighted by Crippen LogP contribution is 1.91. The van der Waals surface area contributed by atoms with Crippen molar-refractivity contribution in [2.24, 2.45) is 11.5 Å². The van der Waals surface area contributed by atoms with Crippen molar-refractivity contribution in [1.29, 1.82) is 0 Å². The molecule has 9 heteroatoms. The number of primary amides is 2. The lowest BCUT2D eigenvalue weighted by Crippen LogP contribution is -2.18. The van der Waals surface area contributed by atoms with E-state index in [0.29, 0.717) is 5.57 Å². The molecule has 0 aliphatic rings. The lowest BCUT2D eigenvalue weighted by atomic mass is 10.4. The highest BCUT2D eigenvalue weighted by Gasteiger charge is 2.02. The van der Waals surface area contributed by atoms with E-state index in [9.17, 15) is 14.4 Å². The molecule has 0 atom stereocenters. The van der Waals surface area contributed by atoms with Crippen molar-refractivity contribution in [2.45, 2.75) is 21.8 Å². The van der Waals surface area contributed by atoms with Crippen LogP contribution in [0.2, 0.25) is 0 Å². The second kappa shape index (κ2) is 17.7. The van der Waals surface area contributed by atoms with E-state index < -0.39 is 18.2 Å². The summed E-state index contributed by atoms with van der Waals surface area (Å²) < 4.78 is 13.0. The minimum atomic E-state index is -0.888. The van der Waals surface area contributed by atoms with E-state index in [4.69, 9.17) is 5.11 Å². The molecule has 126 valence electrons. The van der Waals surface area contributed by atoms with Crippen molar-refractivity contribution in [3.63, 3.8) is 0 Å². The van der Waals surface area contributed by atoms with Crippen LogP contribution in [0.15, 0.2) is 12.2 Å². The Morgan fingerprint density at radius 1 is 0.952 bits per heavy atom. The molecule has 0 saturated heterocycles. The fourth-order valence-corrected chi connectivity index (χ4v) is 0.546. The van der Waals surface area contributed by atoms with Crippen LogP contribution in [-0.2, 0) is 19.0 Å². The molecule has 0 bridgehead atoms. The quantitative estimate of drug-likeness (QED) is 0.280. The third kappa shape index (κ3) is 27.1. The summed E-state index contributed by atoms with van der Waals surface area (Å²) in [6.45, 7) is 4.65. The average Bonchev–Trinajstić information content (AvgIpc) is 2.32. The Labute approximate surface area is 124 Å². The van der Waals surface area contributed by atoms with Gasteiger partial charge in [-0.1, -0.05) is 21.4 Å². The van der Waals surface area contributed by atoms with Crippen molar-refractivity contribution in [3.05, 3.63) is 12.2 Å². The predicted molar refractivity (Wildman–Crippen MR) is 77.4 cm³/mol. The molecule has 0 spiro atoms. The Bertz CT molecular complexity index is 319. The largest absolute Gasteiger partial charge is 0.459 e. The first-order valence-corrected chi connectivity index (χ1v) is 5.09. The molecule has 0 fully saturated rings. The summed E-state index contributed by atoms with van der Waals surface area (Å²) in [6.07, 6.45) is -1.74. The van der Waals surface area contributed by atoms with Gasteiger partial charge in [-0.2, -0.15) is 0 Å². The van der Waals surface area contributed by atoms with Crippen LogP contribution >= 0.6 is 0 Å². The van der Waals surface area contributed by atoms with Gasteiger partial charge < -0.3 is 30.8 Å². The molecule has 5 N–H and O–H groups in total. The standard InChI is InChI=1S/C7H11NO4.C3H7NO3.2CH4/c1-5(2)6(9)11-3-4-12-7(8)10;4-3(6)7-2-1-5;;/h1,3-4H2,2H3,(H2,8,10);5H,1-2H2,(H2,4,6);2*1H4. The first kappa shape index (κ1) is 27.1. The molecule has 0 aromatic rings. The Balaban J connectivity index is -0.000000140. The minimum absolute atomic E-state index is 0. The molecule has 0 aliphatic carbocycles. The SMILES string of the molecule is C.C.C=C(C)C(=O)OCCOC(N)=O.NC(=O)OCCO. The first-order valence-electron chi connectivity index (χ1n) is 5.09. The Hall–Kier alpha value is -2.29. The van der Waals surface area contributed by atoms with Gasteiger partial charge in [0.1, 0.15) is 19.8 Å². The van der Waals surface area contributed by atoms with E-state index in [2.05, 4.69) is 32.3 Å². The molecule has 0 rings (SSSR count). The lowest BCUT2D eigenvalue weighted by Gasteiger charge is -2.03. The monoisotopic (exact) mass is 310 g/mol. The highest BCUT2D eigenvalue weighted by atomic mass is 16.6. The van der Waals surface area contributed by atoms with E-state index >= 15 is 0 Å². The molecule has 21 heavy (non-hydrogen) atoms. The maximum absolute atomic E-state index is 10.7. The van der Waals surface area contributed by atoms with Crippen LogP contribution in [-0.4, -0.2) is 49.7 Å². The lowest BCUT2D eigenvalue weighted by molar-refractivity contribution is -0.139. The Morgan fingerprint density at radius 3 is 1.62 bits per heavy atom. The number of nitrogens with two attached hydrogens (primary N) is 2. The number of aliphatic hydroxyl groups is 1. The van der Waals surface area contributed by atoms with Crippen molar-refractivity contribution in [1.82, 2.24) is 0 Å². The summed E-state index contributed by atoms with van der Waals surface area (Å²) in [6, 6.07) is 0. The number of rotatable bonds is 6. The molecular weight excluding hydrogens is 284 g/mol. The third-order valence-electron chi connectivity index (χ3n) is 1.24. The summed E-state index contributed by atoms with van der Waals surface area (Å²) >= 11 is 0. The average molecular weight is 310 g/mol. The summed E-state index contributed by atoms with van der Waals surface area (Å²) in [5.41, 5.74) is 9.46. The minimum Gasteiger partial charge on any atom is -0.459 e. The molecule has 0 aromatic heterocycles. The van der Waals surface area contributed by atoms with Gasteiger partial charge in [0.05, 0.1) is 6.61 Å². The fourth-order valence-electron chi connectivity index (χ4n) is 0.546.